The quantitative estimate of drug-likeness (QED) is 0.711. The first kappa shape index (κ1) is 14.9. The fourth-order valence-electron chi connectivity index (χ4n) is 1.72. The summed E-state index contributed by atoms with van der Waals surface area (Å²) < 4.78 is 10.8. The van der Waals surface area contributed by atoms with Crippen LogP contribution in [0.15, 0.2) is 0 Å². The van der Waals surface area contributed by atoms with Crippen LogP contribution in [0.3, 0.4) is 0 Å². The van der Waals surface area contributed by atoms with E-state index in [4.69, 9.17) is 15.2 Å². The largest absolute Gasteiger partial charge is 0.380 e. The van der Waals surface area contributed by atoms with E-state index in [2.05, 4.69) is 27.7 Å². The molecular formula is C12H27NO2. The van der Waals surface area contributed by atoms with E-state index >= 15 is 0 Å². The van der Waals surface area contributed by atoms with E-state index in [1.807, 2.05) is 0 Å². The maximum atomic E-state index is 6.11. The summed E-state index contributed by atoms with van der Waals surface area (Å²) in [7, 11) is 3.47. The molecule has 0 aromatic carbocycles. The Balaban J connectivity index is 4.06. The summed E-state index contributed by atoms with van der Waals surface area (Å²) in [4.78, 5) is 0. The number of methoxy groups -OCH3 is 2. The molecule has 0 rings (SSSR count). The van der Waals surface area contributed by atoms with Crippen molar-refractivity contribution in [2.75, 3.05) is 14.2 Å². The van der Waals surface area contributed by atoms with Gasteiger partial charge in [0.15, 0.2) is 0 Å². The lowest BCUT2D eigenvalue weighted by Gasteiger charge is -2.29. The van der Waals surface area contributed by atoms with Gasteiger partial charge in [-0.1, -0.05) is 13.8 Å². The summed E-state index contributed by atoms with van der Waals surface area (Å²) in [5, 5.41) is 0. The van der Waals surface area contributed by atoms with E-state index in [9.17, 15) is 0 Å². The highest BCUT2D eigenvalue weighted by molar-refractivity contribution is 4.79. The smallest absolute Gasteiger partial charge is 0.0744 e. The summed E-state index contributed by atoms with van der Waals surface area (Å²) in [5.41, 5.74) is 6.02. The SMILES string of the molecule is COC(C(C)C)C(N)CCC(C)(C)OC. The van der Waals surface area contributed by atoms with Crippen molar-refractivity contribution in [1.29, 1.82) is 0 Å². The maximum Gasteiger partial charge on any atom is 0.0744 e. The van der Waals surface area contributed by atoms with Crippen molar-refractivity contribution in [2.24, 2.45) is 11.7 Å². The molecule has 0 fully saturated rings. The van der Waals surface area contributed by atoms with Gasteiger partial charge in [0.1, 0.15) is 0 Å². The molecule has 0 bridgehead atoms. The molecule has 0 aromatic heterocycles. The minimum atomic E-state index is -0.0904. The molecule has 0 aliphatic rings. The van der Waals surface area contributed by atoms with Crippen LogP contribution in [0.1, 0.15) is 40.5 Å². The van der Waals surface area contributed by atoms with Crippen molar-refractivity contribution in [3.8, 4) is 0 Å². The average molecular weight is 217 g/mol. The number of hydrogen-bond acceptors (Lipinski definition) is 3. The van der Waals surface area contributed by atoms with Gasteiger partial charge < -0.3 is 15.2 Å². The van der Waals surface area contributed by atoms with Crippen LogP contribution in [0.2, 0.25) is 0 Å². The predicted octanol–water partition coefficient (Wildman–Crippen LogP) is 2.19. The summed E-state index contributed by atoms with van der Waals surface area (Å²) in [5.74, 6) is 0.454. The van der Waals surface area contributed by atoms with Crippen LogP contribution in [0, 0.1) is 5.92 Å². The van der Waals surface area contributed by atoms with Gasteiger partial charge in [-0.3, -0.25) is 0 Å². The van der Waals surface area contributed by atoms with Gasteiger partial charge in [-0.25, -0.2) is 0 Å². The fourth-order valence-corrected chi connectivity index (χ4v) is 1.72. The van der Waals surface area contributed by atoms with Crippen LogP contribution >= 0.6 is 0 Å². The monoisotopic (exact) mass is 217 g/mol. The van der Waals surface area contributed by atoms with Crippen molar-refractivity contribution in [1.82, 2.24) is 0 Å². The van der Waals surface area contributed by atoms with Crippen molar-refractivity contribution in [3.63, 3.8) is 0 Å². The summed E-state index contributed by atoms with van der Waals surface area (Å²) in [6, 6.07) is 0.0874. The second kappa shape index (κ2) is 6.46. The number of ether oxygens (including phenoxy) is 2. The molecule has 0 heterocycles. The van der Waals surface area contributed by atoms with Crippen molar-refractivity contribution < 1.29 is 9.47 Å². The topological polar surface area (TPSA) is 44.5 Å². The minimum absolute atomic E-state index is 0.0874. The molecule has 3 heteroatoms. The van der Waals surface area contributed by atoms with Crippen LogP contribution in [-0.2, 0) is 9.47 Å². The summed E-state index contributed by atoms with van der Waals surface area (Å²) in [6.07, 6.45) is 2.02. The highest BCUT2D eigenvalue weighted by atomic mass is 16.5. The third-order valence-corrected chi connectivity index (χ3v) is 2.98. The van der Waals surface area contributed by atoms with Crippen LogP contribution in [0.5, 0.6) is 0 Å². The molecule has 0 saturated heterocycles. The Morgan fingerprint density at radius 1 is 1.20 bits per heavy atom. The molecule has 2 atom stereocenters. The van der Waals surface area contributed by atoms with E-state index in [-0.39, 0.29) is 17.7 Å². The van der Waals surface area contributed by atoms with Crippen LogP contribution in [-0.4, -0.2) is 32.0 Å². The Morgan fingerprint density at radius 2 is 1.73 bits per heavy atom. The Bertz CT molecular complexity index is 169. The Hall–Kier alpha value is -0.120. The zero-order valence-corrected chi connectivity index (χ0v) is 11.0. The molecule has 0 aromatic rings. The molecule has 0 amide bonds. The first-order valence-electron chi connectivity index (χ1n) is 5.67. The van der Waals surface area contributed by atoms with E-state index in [1.165, 1.54) is 0 Å². The number of rotatable bonds is 7. The Labute approximate surface area is 94.3 Å². The Morgan fingerprint density at radius 3 is 2.07 bits per heavy atom. The lowest BCUT2D eigenvalue weighted by Crippen LogP contribution is -2.41. The summed E-state index contributed by atoms with van der Waals surface area (Å²) in [6.45, 7) is 8.43. The van der Waals surface area contributed by atoms with Crippen LogP contribution in [0.4, 0.5) is 0 Å². The van der Waals surface area contributed by atoms with E-state index in [1.54, 1.807) is 14.2 Å². The van der Waals surface area contributed by atoms with Gasteiger partial charge in [0.2, 0.25) is 0 Å². The second-order valence-electron chi connectivity index (χ2n) is 5.11. The molecule has 2 N–H and O–H groups in total. The molecule has 0 aliphatic carbocycles. The first-order valence-corrected chi connectivity index (χ1v) is 5.67. The third kappa shape index (κ3) is 5.50. The van der Waals surface area contributed by atoms with Crippen LogP contribution in [0.25, 0.3) is 0 Å². The average Bonchev–Trinajstić information content (AvgIpc) is 2.15. The van der Waals surface area contributed by atoms with Crippen molar-refractivity contribution >= 4 is 0 Å². The summed E-state index contributed by atoms with van der Waals surface area (Å²) >= 11 is 0. The predicted molar refractivity (Wildman–Crippen MR) is 63.9 cm³/mol. The first-order chi connectivity index (χ1) is 6.84. The van der Waals surface area contributed by atoms with Crippen molar-refractivity contribution in [2.45, 2.75) is 58.3 Å². The Kier molecular flexibility index (Phi) is 6.41. The molecule has 0 spiro atoms. The highest BCUT2D eigenvalue weighted by Gasteiger charge is 2.24. The lowest BCUT2D eigenvalue weighted by molar-refractivity contribution is -0.000582. The maximum absolute atomic E-state index is 6.11. The second-order valence-corrected chi connectivity index (χ2v) is 5.11. The van der Waals surface area contributed by atoms with Gasteiger partial charge >= 0.3 is 0 Å². The zero-order chi connectivity index (χ0) is 12.1. The normalized spacial score (nSPS) is 16.8. The van der Waals surface area contributed by atoms with E-state index in [0.717, 1.165) is 12.8 Å². The van der Waals surface area contributed by atoms with E-state index in [0.29, 0.717) is 5.92 Å². The molecule has 0 radical (unpaired) electrons. The van der Waals surface area contributed by atoms with Gasteiger partial charge in [0, 0.05) is 20.3 Å². The zero-order valence-electron chi connectivity index (χ0n) is 11.0. The highest BCUT2D eigenvalue weighted by Crippen LogP contribution is 2.19. The van der Waals surface area contributed by atoms with Gasteiger partial charge in [0.25, 0.3) is 0 Å². The molecular weight excluding hydrogens is 190 g/mol. The van der Waals surface area contributed by atoms with Crippen molar-refractivity contribution in [3.05, 3.63) is 0 Å². The number of hydrogen-bond donors (Lipinski definition) is 1. The fraction of sp³-hybridized carbons (Fsp3) is 1.00. The standard InChI is InChI=1S/C12H27NO2/c1-9(2)11(14-5)10(13)7-8-12(3,4)15-6/h9-11H,7-8,13H2,1-6H3. The third-order valence-electron chi connectivity index (χ3n) is 2.98. The molecule has 15 heavy (non-hydrogen) atoms. The van der Waals surface area contributed by atoms with Gasteiger partial charge in [0.05, 0.1) is 11.7 Å². The van der Waals surface area contributed by atoms with Gasteiger partial charge in [-0.15, -0.1) is 0 Å². The molecule has 3 nitrogen and oxygen atoms in total. The lowest BCUT2D eigenvalue weighted by atomic mass is 9.92. The molecule has 0 aliphatic heterocycles. The van der Waals surface area contributed by atoms with Gasteiger partial charge in [-0.05, 0) is 32.6 Å². The number of nitrogens with two attached hydrogens (primary N) is 1. The van der Waals surface area contributed by atoms with Gasteiger partial charge in [-0.2, -0.15) is 0 Å². The molecule has 92 valence electrons. The van der Waals surface area contributed by atoms with E-state index < -0.39 is 0 Å². The molecule has 0 saturated carbocycles. The van der Waals surface area contributed by atoms with Crippen LogP contribution < -0.4 is 5.73 Å². The minimum Gasteiger partial charge on any atom is -0.380 e. The molecule has 2 unspecified atom stereocenters.